The van der Waals surface area contributed by atoms with E-state index in [1.165, 1.54) is 0 Å². The van der Waals surface area contributed by atoms with Crippen LogP contribution in [0.1, 0.15) is 11.1 Å². The first kappa shape index (κ1) is 23.1. The second-order valence-electron chi connectivity index (χ2n) is 9.44. The molecule has 0 spiro atoms. The number of likely N-dealkylation sites (N-methyl/N-ethyl adjacent to an activating group) is 1. The number of nitrogens with zero attached hydrogens (tertiary/aromatic N) is 5. The maximum Gasteiger partial charge on any atom is 0.207 e. The van der Waals surface area contributed by atoms with E-state index >= 15 is 0 Å². The molecule has 2 aliphatic heterocycles. The first-order chi connectivity index (χ1) is 16.6. The van der Waals surface area contributed by atoms with Crippen LogP contribution in [0.3, 0.4) is 0 Å². The second kappa shape index (κ2) is 10.3. The fourth-order valence-electron chi connectivity index (χ4n) is 4.83. The number of para-hydroxylation sites is 1. The third kappa shape index (κ3) is 5.04. The van der Waals surface area contributed by atoms with Crippen molar-refractivity contribution in [3.63, 3.8) is 0 Å². The first-order valence-electron chi connectivity index (χ1n) is 12.3. The molecule has 5 rings (SSSR count). The second-order valence-corrected chi connectivity index (χ2v) is 9.44. The number of piperazine rings is 2. The number of aryl methyl sites for hydroxylation is 1. The Morgan fingerprint density at radius 1 is 1.03 bits per heavy atom. The molecule has 3 heterocycles. The highest BCUT2D eigenvalue weighted by Crippen LogP contribution is 2.31. The van der Waals surface area contributed by atoms with E-state index in [4.69, 9.17) is 9.72 Å². The summed E-state index contributed by atoms with van der Waals surface area (Å²) in [7, 11) is 2.17. The topological polar surface area (TPSA) is 48.8 Å². The standard InChI is InChI=1S/C26H35FN6O/c1-20-18-21(6-7-22(20)27)19-33-23-4-3-5-24(34-17-16-31-14-12-30(2)13-15-31)25(23)29-26(33)32-10-8-28-9-11-32/h3-7,18,28H,8-17,19H2,1-2H3. The first-order valence-corrected chi connectivity index (χ1v) is 12.3. The number of nitrogens with one attached hydrogen (secondary N) is 1. The van der Waals surface area contributed by atoms with Crippen LogP contribution in [0.4, 0.5) is 10.3 Å². The zero-order valence-corrected chi connectivity index (χ0v) is 20.3. The van der Waals surface area contributed by atoms with Crippen molar-refractivity contribution in [2.45, 2.75) is 13.5 Å². The highest BCUT2D eigenvalue weighted by atomic mass is 19.1. The summed E-state index contributed by atoms with van der Waals surface area (Å²) in [5.41, 5.74) is 3.68. The van der Waals surface area contributed by atoms with Crippen LogP contribution in [0.2, 0.25) is 0 Å². The Labute approximate surface area is 201 Å². The molecule has 2 aliphatic rings. The van der Waals surface area contributed by atoms with Gasteiger partial charge in [0.1, 0.15) is 23.7 Å². The predicted octanol–water partition coefficient (Wildman–Crippen LogP) is 2.57. The van der Waals surface area contributed by atoms with Crippen molar-refractivity contribution in [1.29, 1.82) is 0 Å². The quantitative estimate of drug-likeness (QED) is 0.578. The van der Waals surface area contributed by atoms with Gasteiger partial charge in [0, 0.05) is 58.9 Å². The molecule has 0 radical (unpaired) electrons. The Morgan fingerprint density at radius 2 is 1.82 bits per heavy atom. The van der Waals surface area contributed by atoms with Gasteiger partial charge in [-0.3, -0.25) is 4.90 Å². The van der Waals surface area contributed by atoms with Crippen LogP contribution < -0.4 is 15.0 Å². The van der Waals surface area contributed by atoms with Gasteiger partial charge in [0.2, 0.25) is 5.95 Å². The van der Waals surface area contributed by atoms with E-state index in [2.05, 4.69) is 37.7 Å². The Bertz CT molecular complexity index is 1120. The highest BCUT2D eigenvalue weighted by Gasteiger charge is 2.21. The minimum Gasteiger partial charge on any atom is -0.490 e. The summed E-state index contributed by atoms with van der Waals surface area (Å²) in [5.74, 6) is 1.61. The van der Waals surface area contributed by atoms with Gasteiger partial charge in [-0.2, -0.15) is 0 Å². The van der Waals surface area contributed by atoms with Gasteiger partial charge in [0.15, 0.2) is 0 Å². The summed E-state index contributed by atoms with van der Waals surface area (Å²) < 4.78 is 22.4. The monoisotopic (exact) mass is 466 g/mol. The maximum atomic E-state index is 13.9. The molecule has 34 heavy (non-hydrogen) atoms. The zero-order chi connectivity index (χ0) is 23.5. The maximum absolute atomic E-state index is 13.9. The number of hydrogen-bond acceptors (Lipinski definition) is 6. The van der Waals surface area contributed by atoms with E-state index in [0.717, 1.165) is 87.2 Å². The molecule has 0 atom stereocenters. The van der Waals surface area contributed by atoms with Gasteiger partial charge in [-0.25, -0.2) is 9.37 Å². The Morgan fingerprint density at radius 3 is 2.59 bits per heavy atom. The summed E-state index contributed by atoms with van der Waals surface area (Å²) >= 11 is 0. The van der Waals surface area contributed by atoms with Crippen LogP contribution in [0.15, 0.2) is 36.4 Å². The van der Waals surface area contributed by atoms with Crippen molar-refractivity contribution < 1.29 is 9.13 Å². The van der Waals surface area contributed by atoms with E-state index in [1.807, 2.05) is 31.2 Å². The number of hydrogen-bond donors (Lipinski definition) is 1. The number of halogens is 1. The predicted molar refractivity (Wildman–Crippen MR) is 134 cm³/mol. The van der Waals surface area contributed by atoms with E-state index in [1.54, 1.807) is 6.07 Å². The molecule has 0 bridgehead atoms. The third-order valence-corrected chi connectivity index (χ3v) is 6.95. The van der Waals surface area contributed by atoms with E-state index in [9.17, 15) is 4.39 Å². The van der Waals surface area contributed by atoms with Crippen LogP contribution in [-0.4, -0.2) is 91.9 Å². The average molecular weight is 467 g/mol. The highest BCUT2D eigenvalue weighted by molar-refractivity contribution is 5.85. The minimum atomic E-state index is -0.169. The minimum absolute atomic E-state index is 0.169. The van der Waals surface area contributed by atoms with Crippen LogP contribution in [0, 0.1) is 12.7 Å². The van der Waals surface area contributed by atoms with Gasteiger partial charge in [-0.15, -0.1) is 0 Å². The molecule has 0 amide bonds. The van der Waals surface area contributed by atoms with Crippen LogP contribution >= 0.6 is 0 Å². The average Bonchev–Trinajstić information content (AvgIpc) is 3.22. The molecular formula is C26H35FN6O. The zero-order valence-electron chi connectivity index (χ0n) is 20.3. The van der Waals surface area contributed by atoms with Gasteiger partial charge in [0.05, 0.1) is 12.1 Å². The van der Waals surface area contributed by atoms with Crippen molar-refractivity contribution in [2.24, 2.45) is 0 Å². The molecule has 182 valence electrons. The van der Waals surface area contributed by atoms with Crippen molar-refractivity contribution in [1.82, 2.24) is 24.7 Å². The van der Waals surface area contributed by atoms with Gasteiger partial charge in [-0.05, 0) is 43.3 Å². The van der Waals surface area contributed by atoms with E-state index in [0.29, 0.717) is 18.7 Å². The molecule has 0 aliphatic carbocycles. The van der Waals surface area contributed by atoms with Crippen molar-refractivity contribution in [3.8, 4) is 5.75 Å². The Balaban J connectivity index is 1.41. The molecule has 2 saturated heterocycles. The van der Waals surface area contributed by atoms with E-state index < -0.39 is 0 Å². The van der Waals surface area contributed by atoms with Gasteiger partial charge in [0.25, 0.3) is 0 Å². The number of imidazole rings is 1. The Hall–Kier alpha value is -2.68. The van der Waals surface area contributed by atoms with Crippen LogP contribution in [-0.2, 0) is 6.54 Å². The third-order valence-electron chi connectivity index (χ3n) is 6.95. The molecule has 1 N–H and O–H groups in total. The number of benzene rings is 2. The number of fused-ring (bicyclic) bond motifs is 1. The number of aromatic nitrogens is 2. The van der Waals surface area contributed by atoms with Crippen molar-refractivity contribution >= 4 is 17.0 Å². The molecular weight excluding hydrogens is 431 g/mol. The lowest BCUT2D eigenvalue weighted by molar-refractivity contribution is 0.134. The van der Waals surface area contributed by atoms with Crippen LogP contribution in [0.5, 0.6) is 5.75 Å². The Kier molecular flexibility index (Phi) is 6.99. The largest absolute Gasteiger partial charge is 0.490 e. The molecule has 8 heteroatoms. The SMILES string of the molecule is Cc1cc(Cn2c(N3CCNCC3)nc3c(OCCN4CCN(C)CC4)cccc32)ccc1F. The van der Waals surface area contributed by atoms with E-state index in [-0.39, 0.29) is 5.82 Å². The molecule has 3 aromatic rings. The fraction of sp³-hybridized carbons (Fsp3) is 0.500. The number of ether oxygens (including phenoxy) is 1. The number of rotatable bonds is 7. The smallest absolute Gasteiger partial charge is 0.207 e. The lowest BCUT2D eigenvalue weighted by Crippen LogP contribution is -2.45. The lowest BCUT2D eigenvalue weighted by atomic mass is 10.1. The molecule has 0 saturated carbocycles. The fourth-order valence-corrected chi connectivity index (χ4v) is 4.83. The summed E-state index contributed by atoms with van der Waals surface area (Å²) in [6.45, 7) is 12.1. The van der Waals surface area contributed by atoms with Gasteiger partial charge in [-0.1, -0.05) is 18.2 Å². The molecule has 2 aromatic carbocycles. The summed E-state index contributed by atoms with van der Waals surface area (Å²) in [6.07, 6.45) is 0. The summed E-state index contributed by atoms with van der Waals surface area (Å²) in [5, 5.41) is 3.42. The molecule has 2 fully saturated rings. The van der Waals surface area contributed by atoms with Gasteiger partial charge >= 0.3 is 0 Å². The molecule has 1 aromatic heterocycles. The molecule has 0 unspecified atom stereocenters. The summed E-state index contributed by atoms with van der Waals surface area (Å²) in [4.78, 5) is 12.2. The normalized spacial score (nSPS) is 18.0. The number of anilines is 1. The lowest BCUT2D eigenvalue weighted by Gasteiger charge is -2.32. The van der Waals surface area contributed by atoms with Gasteiger partial charge < -0.3 is 24.4 Å². The van der Waals surface area contributed by atoms with Crippen molar-refractivity contribution in [2.75, 3.05) is 77.5 Å². The van der Waals surface area contributed by atoms with Crippen molar-refractivity contribution in [3.05, 3.63) is 53.3 Å². The molecule has 7 nitrogen and oxygen atoms in total. The summed E-state index contributed by atoms with van der Waals surface area (Å²) in [6, 6.07) is 11.5. The van der Waals surface area contributed by atoms with Crippen LogP contribution in [0.25, 0.3) is 11.0 Å².